The Hall–Kier alpha value is -3.87. The van der Waals surface area contributed by atoms with E-state index in [9.17, 15) is 18.4 Å². The fourth-order valence-corrected chi connectivity index (χ4v) is 4.96. The molecule has 0 aromatic heterocycles. The summed E-state index contributed by atoms with van der Waals surface area (Å²) in [6, 6.07) is 17.1. The number of halogens is 3. The number of ether oxygens (including phenoxy) is 3. The summed E-state index contributed by atoms with van der Waals surface area (Å²) in [5, 5.41) is 9.02. The van der Waals surface area contributed by atoms with Crippen molar-refractivity contribution in [1.29, 1.82) is 0 Å². The molecule has 3 N–H and O–H groups in total. The summed E-state index contributed by atoms with van der Waals surface area (Å²) in [7, 11) is 0. The van der Waals surface area contributed by atoms with Gasteiger partial charge in [-0.25, -0.2) is 19.2 Å². The minimum absolute atomic E-state index is 0.00993. The summed E-state index contributed by atoms with van der Waals surface area (Å²) in [4.78, 5) is 31.8. The van der Waals surface area contributed by atoms with Gasteiger partial charge in [-0.2, -0.15) is 0 Å². The Balaban J connectivity index is 1.69. The monoisotopic (exact) mass is 687 g/mol. The number of benzene rings is 3. The molecule has 1 heterocycles. The van der Waals surface area contributed by atoms with E-state index in [2.05, 4.69) is 26.8 Å². The maximum Gasteiger partial charge on any atom is 0.306 e. The van der Waals surface area contributed by atoms with Crippen molar-refractivity contribution in [3.05, 3.63) is 99.5 Å². The molecule has 0 saturated heterocycles. The van der Waals surface area contributed by atoms with Crippen LogP contribution >= 0.6 is 15.9 Å². The second kappa shape index (κ2) is 14.9. The first-order valence-electron chi connectivity index (χ1n) is 14.5. The molecule has 0 unspecified atom stereocenters. The van der Waals surface area contributed by atoms with Gasteiger partial charge in [0.1, 0.15) is 23.0 Å². The lowest BCUT2D eigenvalue weighted by Crippen LogP contribution is -2.52. The van der Waals surface area contributed by atoms with Crippen LogP contribution in [0.2, 0.25) is 0 Å². The lowest BCUT2D eigenvalue weighted by molar-refractivity contribution is -0.155. The van der Waals surface area contributed by atoms with Gasteiger partial charge in [0, 0.05) is 41.6 Å². The largest absolute Gasteiger partial charge is 0.494 e. The number of carbonyl (C=O) groups is 2. The van der Waals surface area contributed by atoms with Gasteiger partial charge in [0.05, 0.1) is 6.61 Å². The smallest absolute Gasteiger partial charge is 0.306 e. The van der Waals surface area contributed by atoms with E-state index >= 15 is 0 Å². The molecule has 3 aromatic carbocycles. The van der Waals surface area contributed by atoms with E-state index in [1.54, 1.807) is 69.3 Å². The van der Waals surface area contributed by atoms with E-state index in [0.29, 0.717) is 29.9 Å². The first kappa shape index (κ1) is 34.0. The molecule has 240 valence electrons. The Labute approximate surface area is 269 Å². The Bertz CT molecular complexity index is 1510. The Kier molecular flexibility index (Phi) is 11.3. The fourth-order valence-electron chi connectivity index (χ4n) is 4.70. The number of nitrogens with zero attached hydrogens (tertiary/aromatic N) is 1. The molecule has 2 atom stereocenters. The second-order valence-corrected chi connectivity index (χ2v) is 12.4. The second-order valence-electron chi connectivity index (χ2n) is 11.5. The molecule has 0 saturated carbocycles. The normalized spacial score (nSPS) is 17.8. The number of hydrogen-bond donors (Lipinski definition) is 3. The zero-order chi connectivity index (χ0) is 32.6. The summed E-state index contributed by atoms with van der Waals surface area (Å²) in [5.74, 6) is -1.68. The number of hydrogen-bond acceptors (Lipinski definition) is 8. The third-order valence-corrected chi connectivity index (χ3v) is 7.35. The molecule has 1 aliphatic rings. The SMILES string of the molecule is CC(C)(C)OC(=O)CC[C@]1(C(=O)NNCc2cc(F)ccc2F)N=C(c2ccc(OCCCO)cc2)O[C@H]1c1ccc(Br)cc1. The first-order valence-corrected chi connectivity index (χ1v) is 15.2. The van der Waals surface area contributed by atoms with Crippen molar-refractivity contribution in [1.82, 2.24) is 10.9 Å². The van der Waals surface area contributed by atoms with E-state index in [1.807, 2.05) is 0 Å². The summed E-state index contributed by atoms with van der Waals surface area (Å²) in [6.07, 6.45) is -0.720. The topological polar surface area (TPSA) is 118 Å². The number of aliphatic hydroxyl groups excluding tert-OH is 1. The van der Waals surface area contributed by atoms with Gasteiger partial charge in [-0.15, -0.1) is 0 Å². The number of aliphatic hydroxyl groups is 1. The molecule has 4 rings (SSSR count). The molecule has 3 aromatic rings. The number of amides is 1. The summed E-state index contributed by atoms with van der Waals surface area (Å²) >= 11 is 3.43. The van der Waals surface area contributed by atoms with Gasteiger partial charge in [-0.1, -0.05) is 28.1 Å². The van der Waals surface area contributed by atoms with Crippen molar-refractivity contribution in [2.75, 3.05) is 13.2 Å². The predicted octanol–water partition coefficient (Wildman–Crippen LogP) is 5.69. The van der Waals surface area contributed by atoms with E-state index in [0.717, 1.165) is 22.7 Å². The van der Waals surface area contributed by atoms with E-state index in [4.69, 9.17) is 24.3 Å². The van der Waals surface area contributed by atoms with Crippen molar-refractivity contribution >= 4 is 33.7 Å². The lowest BCUT2D eigenvalue weighted by atomic mass is 9.83. The van der Waals surface area contributed by atoms with E-state index in [-0.39, 0.29) is 37.5 Å². The maximum absolute atomic E-state index is 14.2. The molecular weight excluding hydrogens is 652 g/mol. The molecule has 0 aliphatic carbocycles. The molecule has 0 spiro atoms. The summed E-state index contributed by atoms with van der Waals surface area (Å²) in [5.41, 5.74) is 4.05. The van der Waals surface area contributed by atoms with Crippen LogP contribution in [-0.2, 0) is 25.6 Å². The molecule has 1 amide bonds. The van der Waals surface area contributed by atoms with Crippen LogP contribution in [0.15, 0.2) is 76.2 Å². The van der Waals surface area contributed by atoms with Crippen molar-refractivity contribution in [2.45, 2.75) is 63.8 Å². The average molecular weight is 689 g/mol. The number of aliphatic imine (C=N–C) groups is 1. The molecule has 0 fully saturated rings. The van der Waals surface area contributed by atoms with Crippen LogP contribution in [-0.4, -0.2) is 47.2 Å². The van der Waals surface area contributed by atoms with Crippen molar-refractivity contribution in [3.63, 3.8) is 0 Å². The molecule has 9 nitrogen and oxygen atoms in total. The van der Waals surface area contributed by atoms with Crippen molar-refractivity contribution in [3.8, 4) is 5.75 Å². The minimum atomic E-state index is -1.66. The Morgan fingerprint density at radius 1 is 1.07 bits per heavy atom. The molecular formula is C33H36BrF2N3O6. The molecule has 45 heavy (non-hydrogen) atoms. The van der Waals surface area contributed by atoms with Gasteiger partial charge in [0.25, 0.3) is 5.91 Å². The van der Waals surface area contributed by atoms with Crippen LogP contribution in [0, 0.1) is 11.6 Å². The third kappa shape index (κ3) is 9.09. The van der Waals surface area contributed by atoms with Crippen molar-refractivity contribution in [2.24, 2.45) is 4.99 Å². The van der Waals surface area contributed by atoms with Gasteiger partial charge >= 0.3 is 5.97 Å². The van der Waals surface area contributed by atoms with Gasteiger partial charge in [-0.05, 0) is 87.4 Å². The lowest BCUT2D eigenvalue weighted by Gasteiger charge is -2.31. The van der Waals surface area contributed by atoms with Crippen LogP contribution in [0.25, 0.3) is 0 Å². The summed E-state index contributed by atoms with van der Waals surface area (Å²) in [6.45, 7) is 5.40. The number of carbonyl (C=O) groups excluding carboxylic acids is 2. The van der Waals surface area contributed by atoms with Gasteiger partial charge in [-0.3, -0.25) is 15.0 Å². The van der Waals surface area contributed by atoms with Gasteiger partial charge in [0.15, 0.2) is 11.6 Å². The van der Waals surface area contributed by atoms with E-state index < -0.39 is 40.8 Å². The number of hydrazine groups is 1. The molecule has 1 aliphatic heterocycles. The van der Waals surface area contributed by atoms with Crippen LogP contribution in [0.5, 0.6) is 5.75 Å². The number of rotatable bonds is 13. The first-order chi connectivity index (χ1) is 21.4. The standard InChI is InChI=1S/C33H36BrF2N3O6/c1-32(2,3)45-28(41)15-16-33(31(42)39-37-20-23-19-25(35)11-14-27(23)36)29(21-5-9-24(34)10-6-21)44-30(38-33)22-7-12-26(13-8-22)43-18-4-17-40/h5-14,19,29,37,40H,4,15-18,20H2,1-3H3,(H,39,42)/t29-,33-/m0/s1. The highest BCUT2D eigenvalue weighted by Gasteiger charge is 2.53. The molecule has 0 bridgehead atoms. The van der Waals surface area contributed by atoms with Crippen molar-refractivity contribution < 1.29 is 37.7 Å². The molecule has 0 radical (unpaired) electrons. The number of esters is 1. The highest BCUT2D eigenvalue weighted by molar-refractivity contribution is 9.10. The highest BCUT2D eigenvalue weighted by atomic mass is 79.9. The van der Waals surface area contributed by atoms with Crippen LogP contribution in [0.1, 0.15) is 62.8 Å². The number of nitrogens with one attached hydrogen (secondary N) is 2. The van der Waals surface area contributed by atoms with Gasteiger partial charge in [0.2, 0.25) is 5.90 Å². The zero-order valence-electron chi connectivity index (χ0n) is 25.2. The summed E-state index contributed by atoms with van der Waals surface area (Å²) < 4.78 is 46.3. The Morgan fingerprint density at radius 3 is 2.44 bits per heavy atom. The maximum atomic E-state index is 14.2. The highest BCUT2D eigenvalue weighted by Crippen LogP contribution is 2.43. The fraction of sp³-hybridized carbons (Fsp3) is 0.364. The van der Waals surface area contributed by atoms with Crippen LogP contribution in [0.3, 0.4) is 0 Å². The van der Waals surface area contributed by atoms with Crippen LogP contribution < -0.4 is 15.6 Å². The third-order valence-electron chi connectivity index (χ3n) is 6.82. The quantitative estimate of drug-likeness (QED) is 0.120. The zero-order valence-corrected chi connectivity index (χ0v) is 26.8. The predicted molar refractivity (Wildman–Crippen MR) is 167 cm³/mol. The van der Waals surface area contributed by atoms with Gasteiger partial charge < -0.3 is 19.3 Å². The molecule has 12 heteroatoms. The average Bonchev–Trinajstić information content (AvgIpc) is 3.39. The Morgan fingerprint density at radius 2 is 1.78 bits per heavy atom. The van der Waals surface area contributed by atoms with Crippen LogP contribution in [0.4, 0.5) is 8.78 Å². The minimum Gasteiger partial charge on any atom is -0.494 e. The van der Waals surface area contributed by atoms with E-state index in [1.165, 1.54) is 0 Å².